The molecule has 0 aliphatic heterocycles. The summed E-state index contributed by atoms with van der Waals surface area (Å²) in [5.41, 5.74) is 14.1. The van der Waals surface area contributed by atoms with Crippen LogP contribution in [0.15, 0.2) is 194 Å². The molecule has 4 heterocycles. The van der Waals surface area contributed by atoms with Crippen molar-refractivity contribution in [2.75, 3.05) is 0 Å². The molecule has 0 bridgehead atoms. The van der Waals surface area contributed by atoms with Crippen LogP contribution in [0, 0.1) is 0 Å². The van der Waals surface area contributed by atoms with Crippen LogP contribution in [0.5, 0.6) is 0 Å². The number of rotatable bonds is 4. The molecule has 13 rings (SSSR count). The van der Waals surface area contributed by atoms with Crippen molar-refractivity contribution in [2.45, 2.75) is 0 Å². The molecule has 4 heteroatoms. The van der Waals surface area contributed by atoms with E-state index in [9.17, 15) is 0 Å². The van der Waals surface area contributed by atoms with Gasteiger partial charge in [-0.1, -0.05) is 164 Å². The number of nitrogens with zero attached hydrogens (tertiary/aromatic N) is 4. The monoisotopic (exact) mass is 736 g/mol. The molecule has 0 unspecified atom stereocenters. The van der Waals surface area contributed by atoms with E-state index >= 15 is 0 Å². The Kier molecular flexibility index (Phi) is 6.41. The fraction of sp³-hybridized carbons (Fsp3) is 0. The third kappa shape index (κ3) is 4.29. The summed E-state index contributed by atoms with van der Waals surface area (Å²) in [6.07, 6.45) is 0. The second kappa shape index (κ2) is 11.8. The summed E-state index contributed by atoms with van der Waals surface area (Å²) in [6, 6.07) is 69.9. The Morgan fingerprint density at radius 1 is 0.345 bits per heavy atom. The highest BCUT2D eigenvalue weighted by molar-refractivity contribution is 6.31. The number of para-hydroxylation sites is 2. The third-order valence-electron chi connectivity index (χ3n) is 12.2. The van der Waals surface area contributed by atoms with Crippen LogP contribution in [-0.4, -0.2) is 18.9 Å². The summed E-state index contributed by atoms with van der Waals surface area (Å²) in [5.74, 6) is 0.811. The van der Waals surface area contributed by atoms with E-state index < -0.39 is 0 Å². The fourth-order valence-electron chi connectivity index (χ4n) is 9.76. The minimum Gasteiger partial charge on any atom is -0.308 e. The Bertz CT molecular complexity index is 3770. The van der Waals surface area contributed by atoms with Crippen molar-refractivity contribution in [3.8, 4) is 39.3 Å². The van der Waals surface area contributed by atoms with Gasteiger partial charge < -0.3 is 4.40 Å². The number of hydrogen-bond acceptors (Lipinski definition) is 2. The predicted octanol–water partition coefficient (Wildman–Crippen LogP) is 14.0. The zero-order chi connectivity index (χ0) is 37.9. The molecule has 0 radical (unpaired) electrons. The van der Waals surface area contributed by atoms with Gasteiger partial charge in [0.25, 0.3) is 0 Å². The van der Waals surface area contributed by atoms with Gasteiger partial charge in [0.1, 0.15) is 5.69 Å². The van der Waals surface area contributed by atoms with Crippen molar-refractivity contribution in [1.82, 2.24) is 18.9 Å². The number of aromatic nitrogens is 4. The first-order chi connectivity index (χ1) is 28.8. The summed E-state index contributed by atoms with van der Waals surface area (Å²) in [4.78, 5) is 11.3. The van der Waals surface area contributed by atoms with Crippen LogP contribution in [-0.2, 0) is 0 Å². The molecule has 0 fully saturated rings. The van der Waals surface area contributed by atoms with Crippen LogP contribution < -0.4 is 0 Å². The van der Waals surface area contributed by atoms with Crippen molar-refractivity contribution < 1.29 is 0 Å². The third-order valence-corrected chi connectivity index (χ3v) is 12.2. The van der Waals surface area contributed by atoms with Crippen molar-refractivity contribution in [2.24, 2.45) is 0 Å². The van der Waals surface area contributed by atoms with Gasteiger partial charge in [0.2, 0.25) is 0 Å². The molecular weight excluding hydrogens is 705 g/mol. The maximum absolute atomic E-state index is 5.79. The maximum Gasteiger partial charge on any atom is 0.165 e. The lowest BCUT2D eigenvalue weighted by atomic mass is 9.95. The summed E-state index contributed by atoms with van der Waals surface area (Å²) < 4.78 is 4.86. The largest absolute Gasteiger partial charge is 0.308 e. The first kappa shape index (κ1) is 31.4. The smallest absolute Gasteiger partial charge is 0.165 e. The lowest BCUT2D eigenvalue weighted by Crippen LogP contribution is -2.04. The second-order valence-electron chi connectivity index (χ2n) is 15.3. The van der Waals surface area contributed by atoms with Crippen LogP contribution in [0.3, 0.4) is 0 Å². The standard InChI is InChI=1S/C54H32N4/c1-3-13-33(14-4-1)34-27-29-35(30-28-34)38-19-9-17-36-31-32-43-52(48(36)38)56-54(51(55-43)37-15-5-2-6-16-37)58-45-24-11-20-40-42-22-10-21-41-39-18-7-8-23-44(39)57(53(41)42)46-25-12-26-47(58)50(46)49(40)45/h1-32H. The quantitative estimate of drug-likeness (QED) is 0.169. The van der Waals surface area contributed by atoms with Gasteiger partial charge in [-0.05, 0) is 63.4 Å². The van der Waals surface area contributed by atoms with Crippen LogP contribution >= 0.6 is 0 Å². The molecule has 268 valence electrons. The van der Waals surface area contributed by atoms with Gasteiger partial charge in [0, 0.05) is 37.9 Å². The Hall–Kier alpha value is -7.82. The lowest BCUT2D eigenvalue weighted by molar-refractivity contribution is 1.08. The average molecular weight is 737 g/mol. The first-order valence-electron chi connectivity index (χ1n) is 19.8. The molecule has 0 N–H and O–H groups in total. The average Bonchev–Trinajstić information content (AvgIpc) is 3.78. The van der Waals surface area contributed by atoms with Gasteiger partial charge in [0.05, 0.1) is 38.6 Å². The minimum atomic E-state index is 0.811. The Balaban J connectivity index is 1.16. The van der Waals surface area contributed by atoms with Gasteiger partial charge in [-0.25, -0.2) is 9.97 Å². The van der Waals surface area contributed by atoms with E-state index in [0.29, 0.717) is 0 Å². The number of fused-ring (bicyclic) bond motifs is 8. The maximum atomic E-state index is 5.79. The molecule has 0 saturated heterocycles. The second-order valence-corrected chi connectivity index (χ2v) is 15.3. The molecule has 9 aromatic carbocycles. The number of hydrogen-bond donors (Lipinski definition) is 0. The summed E-state index contributed by atoms with van der Waals surface area (Å²) in [6.45, 7) is 0. The fourth-order valence-corrected chi connectivity index (χ4v) is 9.76. The van der Waals surface area contributed by atoms with Gasteiger partial charge >= 0.3 is 0 Å². The van der Waals surface area contributed by atoms with Gasteiger partial charge in [0.15, 0.2) is 5.82 Å². The van der Waals surface area contributed by atoms with E-state index in [1.165, 1.54) is 60.0 Å². The van der Waals surface area contributed by atoms with Crippen molar-refractivity contribution >= 4 is 81.7 Å². The Morgan fingerprint density at radius 2 is 0.931 bits per heavy atom. The van der Waals surface area contributed by atoms with Crippen molar-refractivity contribution in [3.63, 3.8) is 0 Å². The molecule has 0 aliphatic carbocycles. The highest BCUT2D eigenvalue weighted by atomic mass is 15.1. The molecule has 4 nitrogen and oxygen atoms in total. The highest BCUT2D eigenvalue weighted by Crippen LogP contribution is 2.45. The predicted molar refractivity (Wildman–Crippen MR) is 242 cm³/mol. The molecule has 0 saturated carbocycles. The topological polar surface area (TPSA) is 35.1 Å². The van der Waals surface area contributed by atoms with Gasteiger partial charge in [-0.2, -0.15) is 0 Å². The first-order valence-corrected chi connectivity index (χ1v) is 19.8. The van der Waals surface area contributed by atoms with E-state index in [1.54, 1.807) is 0 Å². The highest BCUT2D eigenvalue weighted by Gasteiger charge is 2.25. The van der Waals surface area contributed by atoms with Gasteiger partial charge in [-0.3, -0.25) is 4.57 Å². The Morgan fingerprint density at radius 3 is 1.76 bits per heavy atom. The van der Waals surface area contributed by atoms with Gasteiger partial charge in [-0.15, -0.1) is 0 Å². The zero-order valence-electron chi connectivity index (χ0n) is 31.3. The molecule has 0 spiro atoms. The zero-order valence-corrected chi connectivity index (χ0v) is 31.3. The molecule has 0 atom stereocenters. The van der Waals surface area contributed by atoms with Crippen LogP contribution in [0.25, 0.3) is 121 Å². The van der Waals surface area contributed by atoms with E-state index in [-0.39, 0.29) is 0 Å². The summed E-state index contributed by atoms with van der Waals surface area (Å²) >= 11 is 0. The molecule has 4 aromatic heterocycles. The van der Waals surface area contributed by atoms with Crippen molar-refractivity contribution in [3.05, 3.63) is 194 Å². The minimum absolute atomic E-state index is 0.811. The van der Waals surface area contributed by atoms with Crippen LogP contribution in [0.4, 0.5) is 0 Å². The van der Waals surface area contributed by atoms with E-state index in [1.807, 2.05) is 0 Å². The lowest BCUT2D eigenvalue weighted by Gasteiger charge is -2.16. The molecule has 0 aliphatic rings. The SMILES string of the molecule is c1ccc(-c2ccc(-c3cccc4ccc5nc(-c6ccccc6)c(-n6c7cccc8c9cccc%10c%11ccccc%11n(c%11cccc6c%11c87)c9%10)nc5c34)cc2)cc1. The van der Waals surface area contributed by atoms with Crippen LogP contribution in [0.2, 0.25) is 0 Å². The Labute approximate surface area is 332 Å². The molecular formula is C54H32N4. The van der Waals surface area contributed by atoms with E-state index in [2.05, 4.69) is 203 Å². The summed E-state index contributed by atoms with van der Waals surface area (Å²) in [7, 11) is 0. The normalized spacial score (nSPS) is 12.1. The van der Waals surface area contributed by atoms with E-state index in [4.69, 9.17) is 9.97 Å². The molecule has 0 amide bonds. The molecule has 58 heavy (non-hydrogen) atoms. The van der Waals surface area contributed by atoms with E-state index in [0.717, 1.165) is 61.0 Å². The summed E-state index contributed by atoms with van der Waals surface area (Å²) in [5, 5.41) is 9.65. The van der Waals surface area contributed by atoms with Crippen molar-refractivity contribution in [1.29, 1.82) is 0 Å². The van der Waals surface area contributed by atoms with Crippen LogP contribution in [0.1, 0.15) is 0 Å². The number of benzene rings is 9. The molecule has 13 aromatic rings.